The summed E-state index contributed by atoms with van der Waals surface area (Å²) in [5.41, 5.74) is 2.42. The van der Waals surface area contributed by atoms with Gasteiger partial charge in [0.15, 0.2) is 11.5 Å². The predicted molar refractivity (Wildman–Crippen MR) is 135 cm³/mol. The number of carbonyl (C=O) groups is 1. The average Bonchev–Trinajstić information content (AvgIpc) is 3.63. The van der Waals surface area contributed by atoms with Gasteiger partial charge >= 0.3 is 0 Å². The van der Waals surface area contributed by atoms with Crippen LogP contribution in [0.4, 0.5) is 4.39 Å². The second kappa shape index (κ2) is 10.8. The fraction of sp³-hybridized carbons (Fsp3) is 0.500. The minimum atomic E-state index is -0.280. The number of hydrogen-bond donors (Lipinski definition) is 1. The molecule has 3 aromatic rings. The molecule has 1 aromatic carbocycles. The molecule has 2 aromatic heterocycles. The van der Waals surface area contributed by atoms with E-state index in [-0.39, 0.29) is 11.7 Å². The van der Waals surface area contributed by atoms with Crippen molar-refractivity contribution >= 4 is 5.91 Å². The molecular formula is C28H35FN4O2. The highest BCUT2D eigenvalue weighted by Crippen LogP contribution is 2.39. The molecule has 5 rings (SSSR count). The second-order valence-corrected chi connectivity index (χ2v) is 9.95. The molecule has 7 heteroatoms. The Morgan fingerprint density at radius 1 is 1.09 bits per heavy atom. The molecule has 0 unspecified atom stereocenters. The number of likely N-dealkylation sites (tertiary alicyclic amines) is 1. The van der Waals surface area contributed by atoms with E-state index < -0.39 is 0 Å². The lowest BCUT2D eigenvalue weighted by Gasteiger charge is -2.33. The van der Waals surface area contributed by atoms with Crippen LogP contribution in [-0.2, 0) is 0 Å². The topological polar surface area (TPSA) is 63.3 Å². The minimum Gasteiger partial charge on any atom is -0.449 e. The van der Waals surface area contributed by atoms with E-state index in [0.717, 1.165) is 49.3 Å². The average molecular weight is 479 g/mol. The number of furan rings is 1. The molecule has 2 aliphatic rings. The first-order valence-corrected chi connectivity index (χ1v) is 13.1. The van der Waals surface area contributed by atoms with Crippen molar-refractivity contribution in [3.05, 3.63) is 54.3 Å². The number of imidazole rings is 1. The van der Waals surface area contributed by atoms with Crippen LogP contribution in [0, 0.1) is 5.82 Å². The van der Waals surface area contributed by atoms with Crippen LogP contribution in [0.25, 0.3) is 22.7 Å². The molecule has 6 nitrogen and oxygen atoms in total. The van der Waals surface area contributed by atoms with Crippen LogP contribution in [0.1, 0.15) is 74.9 Å². The Labute approximate surface area is 206 Å². The lowest BCUT2D eigenvalue weighted by atomic mass is 10.0. The third-order valence-corrected chi connectivity index (χ3v) is 7.54. The summed E-state index contributed by atoms with van der Waals surface area (Å²) in [7, 11) is 0. The predicted octanol–water partition coefficient (Wildman–Crippen LogP) is 6.06. The van der Waals surface area contributed by atoms with Crippen LogP contribution < -0.4 is 5.32 Å². The number of rotatable bonds is 8. The largest absolute Gasteiger partial charge is 0.449 e. The number of nitrogens with one attached hydrogen (secondary N) is 1. The van der Waals surface area contributed by atoms with Gasteiger partial charge in [-0.05, 0) is 82.0 Å². The van der Waals surface area contributed by atoms with Gasteiger partial charge in [0.05, 0.1) is 12.0 Å². The second-order valence-electron chi connectivity index (χ2n) is 9.95. The van der Waals surface area contributed by atoms with Crippen LogP contribution in [0.3, 0.4) is 0 Å². The maximum Gasteiger partial charge on any atom is 0.287 e. The van der Waals surface area contributed by atoms with Crippen molar-refractivity contribution in [2.24, 2.45) is 0 Å². The Balaban J connectivity index is 1.30. The molecule has 2 fully saturated rings. The van der Waals surface area contributed by atoms with Gasteiger partial charge in [0.25, 0.3) is 5.91 Å². The van der Waals surface area contributed by atoms with E-state index in [4.69, 9.17) is 4.42 Å². The Morgan fingerprint density at radius 2 is 1.86 bits per heavy atom. The summed E-state index contributed by atoms with van der Waals surface area (Å²) in [6.45, 7) is 5.08. The monoisotopic (exact) mass is 478 g/mol. The van der Waals surface area contributed by atoms with Crippen molar-refractivity contribution in [2.45, 2.75) is 70.4 Å². The quantitative estimate of drug-likeness (QED) is 0.400. The highest BCUT2D eigenvalue weighted by atomic mass is 19.1. The zero-order valence-electron chi connectivity index (χ0n) is 20.5. The van der Waals surface area contributed by atoms with Gasteiger partial charge in [0.1, 0.15) is 11.5 Å². The SMILES string of the molecule is C[C@@H]1CCCCN1CCCNC(=O)c1ccc(-c2c(-c3ccc(F)cc3)ncn2C2CCCC2)o1. The molecule has 0 spiro atoms. The van der Waals surface area contributed by atoms with Gasteiger partial charge in [-0.3, -0.25) is 4.79 Å². The number of amides is 1. The van der Waals surface area contributed by atoms with Gasteiger partial charge in [-0.25, -0.2) is 9.37 Å². The Bertz CT molecular complexity index is 1130. The van der Waals surface area contributed by atoms with E-state index in [1.165, 1.54) is 44.2 Å². The van der Waals surface area contributed by atoms with Crippen molar-refractivity contribution in [1.82, 2.24) is 19.8 Å². The molecule has 1 atom stereocenters. The first-order chi connectivity index (χ1) is 17.1. The Hall–Kier alpha value is -2.93. The molecule has 3 heterocycles. The maximum atomic E-state index is 13.5. The molecule has 0 radical (unpaired) electrons. The minimum absolute atomic E-state index is 0.196. The molecule has 35 heavy (non-hydrogen) atoms. The highest BCUT2D eigenvalue weighted by Gasteiger charge is 2.26. The van der Waals surface area contributed by atoms with E-state index in [9.17, 15) is 9.18 Å². The van der Waals surface area contributed by atoms with Gasteiger partial charge < -0.3 is 19.2 Å². The van der Waals surface area contributed by atoms with Gasteiger partial charge in [-0.2, -0.15) is 0 Å². The third kappa shape index (κ3) is 5.35. The Kier molecular flexibility index (Phi) is 7.32. The summed E-state index contributed by atoms with van der Waals surface area (Å²) in [6.07, 6.45) is 11.2. The molecule has 1 saturated carbocycles. The van der Waals surface area contributed by atoms with Crippen LogP contribution in [0.15, 0.2) is 47.1 Å². The summed E-state index contributed by atoms with van der Waals surface area (Å²) in [5.74, 6) is 0.437. The molecule has 1 saturated heterocycles. The highest BCUT2D eigenvalue weighted by molar-refractivity contribution is 5.92. The van der Waals surface area contributed by atoms with E-state index in [2.05, 4.69) is 26.7 Å². The molecular weight excluding hydrogens is 443 g/mol. The maximum absolute atomic E-state index is 13.5. The first-order valence-electron chi connectivity index (χ1n) is 13.1. The van der Waals surface area contributed by atoms with Crippen molar-refractivity contribution in [3.63, 3.8) is 0 Å². The smallest absolute Gasteiger partial charge is 0.287 e. The number of benzene rings is 1. The number of halogens is 1. The summed E-state index contributed by atoms with van der Waals surface area (Å²) in [4.78, 5) is 20.0. The summed E-state index contributed by atoms with van der Waals surface area (Å²) in [5, 5.41) is 3.01. The Morgan fingerprint density at radius 3 is 2.63 bits per heavy atom. The van der Waals surface area contributed by atoms with E-state index in [1.807, 2.05) is 12.4 Å². The van der Waals surface area contributed by atoms with Crippen molar-refractivity contribution in [1.29, 1.82) is 0 Å². The molecule has 1 amide bonds. The normalized spacial score (nSPS) is 19.3. The zero-order chi connectivity index (χ0) is 24.2. The van der Waals surface area contributed by atoms with Crippen molar-refractivity contribution in [2.75, 3.05) is 19.6 Å². The van der Waals surface area contributed by atoms with Crippen molar-refractivity contribution < 1.29 is 13.6 Å². The molecule has 1 N–H and O–H groups in total. The van der Waals surface area contributed by atoms with E-state index in [1.54, 1.807) is 18.2 Å². The number of carbonyl (C=O) groups excluding carboxylic acids is 1. The molecule has 1 aliphatic heterocycles. The third-order valence-electron chi connectivity index (χ3n) is 7.54. The van der Waals surface area contributed by atoms with E-state index >= 15 is 0 Å². The standard InChI is InChI=1S/C28H35FN4O2/c1-20-7-4-5-17-32(20)18-6-16-30-28(34)25-15-14-24(35-25)27-26(21-10-12-22(29)13-11-21)31-19-33(27)23-8-2-3-9-23/h10-15,19-20,23H,2-9,16-18H2,1H3,(H,30,34)/t20-/m1/s1. The number of piperidine rings is 1. The molecule has 1 aliphatic carbocycles. The lowest BCUT2D eigenvalue weighted by molar-refractivity contribution is 0.0922. The van der Waals surface area contributed by atoms with E-state index in [0.29, 0.717) is 30.1 Å². The van der Waals surface area contributed by atoms with Gasteiger partial charge in [-0.1, -0.05) is 19.3 Å². The fourth-order valence-corrected chi connectivity index (χ4v) is 5.53. The van der Waals surface area contributed by atoms with Crippen LogP contribution >= 0.6 is 0 Å². The summed E-state index contributed by atoms with van der Waals surface area (Å²) in [6, 6.07) is 10.9. The first kappa shape index (κ1) is 23.8. The number of hydrogen-bond acceptors (Lipinski definition) is 4. The lowest BCUT2D eigenvalue weighted by Crippen LogP contribution is -2.39. The molecule has 0 bridgehead atoms. The van der Waals surface area contributed by atoms with Crippen LogP contribution in [-0.4, -0.2) is 46.0 Å². The van der Waals surface area contributed by atoms with Gasteiger partial charge in [0, 0.05) is 30.7 Å². The van der Waals surface area contributed by atoms with Gasteiger partial charge in [0.2, 0.25) is 0 Å². The number of aromatic nitrogens is 2. The van der Waals surface area contributed by atoms with Crippen molar-refractivity contribution in [3.8, 4) is 22.7 Å². The zero-order valence-corrected chi connectivity index (χ0v) is 20.5. The number of nitrogens with zero attached hydrogens (tertiary/aromatic N) is 3. The van der Waals surface area contributed by atoms with Gasteiger partial charge in [-0.15, -0.1) is 0 Å². The molecule has 186 valence electrons. The summed E-state index contributed by atoms with van der Waals surface area (Å²) < 4.78 is 21.8. The van der Waals surface area contributed by atoms with Crippen LogP contribution in [0.5, 0.6) is 0 Å². The summed E-state index contributed by atoms with van der Waals surface area (Å²) >= 11 is 0. The fourth-order valence-electron chi connectivity index (χ4n) is 5.53. The van der Waals surface area contributed by atoms with Crippen LogP contribution in [0.2, 0.25) is 0 Å².